The SMILES string of the molecule is CC(C)(C)c1ccc(OP(Cl)Oc2ccc(C(C)(C)C)cc2C(C)(C)C)c(C(C)(C)C)c1.COc1cc(-c2cc(OC)cc(C(C)(C)C)c2O)c(O)c(C(C)(C)C)c1.COc1cc(-c2cc(OC)cc(C(C)(C)C)c2OP(Oc2ccc(C(C)(C)C)cc2C(C)(C)C)Oc2ccc(C(C)(C)C)cc2C(C)(C)C)c(OP(Oc2ccc(C(C)(C)C)cc2C(C)(C)C)Oc2ccc(C(C)(C)C)cc2C(C)(C)C)c(C(C)(C)C)c1. The Morgan fingerprint density at radius 1 is 0.178 bits per heavy atom. The van der Waals surface area contributed by atoms with Crippen LogP contribution in [0.25, 0.3) is 22.3 Å². The second-order valence-electron chi connectivity index (χ2n) is 55.9. The van der Waals surface area contributed by atoms with E-state index in [0.717, 1.165) is 67.1 Å². The first-order chi connectivity index (χ1) is 66.0. The van der Waals surface area contributed by atoms with Crippen LogP contribution in [0.3, 0.4) is 0 Å². The number of hydrogen-bond acceptors (Lipinski definition) is 14. The van der Waals surface area contributed by atoms with Gasteiger partial charge in [0, 0.05) is 77.9 Å². The van der Waals surface area contributed by atoms with Crippen molar-refractivity contribution in [1.29, 1.82) is 0 Å². The monoisotopic (exact) mass is 2070 g/mol. The minimum absolute atomic E-state index is 0.0666. The van der Waals surface area contributed by atoms with E-state index >= 15 is 0 Å². The number of aromatic hydroxyl groups is 2. The van der Waals surface area contributed by atoms with Gasteiger partial charge in [0.05, 0.1) is 28.4 Å². The van der Waals surface area contributed by atoms with Crippen LogP contribution in [0.5, 0.6) is 80.5 Å². The molecule has 0 saturated heterocycles. The van der Waals surface area contributed by atoms with Crippen molar-refractivity contribution >= 4 is 36.2 Å². The quantitative estimate of drug-likeness (QED) is 0.0619. The van der Waals surface area contributed by atoms with Gasteiger partial charge in [0.2, 0.25) is 0 Å². The molecule has 0 amide bonds. The molecule has 14 nitrogen and oxygen atoms in total. The van der Waals surface area contributed by atoms with Gasteiger partial charge in [-0.05, 0) is 216 Å². The number of hydrogen-bond donors (Lipinski definition) is 2. The molecule has 0 saturated carbocycles. The molecule has 0 aliphatic heterocycles. The number of phenolic OH excluding ortho intramolecular Hbond substituents is 2. The van der Waals surface area contributed by atoms with E-state index in [1.165, 1.54) is 33.4 Å². The molecule has 18 heteroatoms. The molecule has 146 heavy (non-hydrogen) atoms. The van der Waals surface area contributed by atoms with Crippen LogP contribution >= 0.6 is 36.2 Å². The van der Waals surface area contributed by atoms with E-state index in [9.17, 15) is 10.2 Å². The van der Waals surface area contributed by atoms with Gasteiger partial charge in [-0.15, -0.1) is 0 Å². The summed E-state index contributed by atoms with van der Waals surface area (Å²) in [5, 5.41) is 21.9. The molecular formula is C128H184ClO14P3. The molecule has 0 spiro atoms. The van der Waals surface area contributed by atoms with Crippen molar-refractivity contribution in [1.82, 2.24) is 0 Å². The van der Waals surface area contributed by atoms with Crippen LogP contribution in [0.1, 0.15) is 421 Å². The normalized spacial score (nSPS) is 13.2. The van der Waals surface area contributed by atoms with Gasteiger partial charge in [-0.1, -0.05) is 405 Å². The fourth-order valence-corrected chi connectivity index (χ4v) is 20.2. The van der Waals surface area contributed by atoms with Crippen molar-refractivity contribution < 1.29 is 65.4 Å². The summed E-state index contributed by atoms with van der Waals surface area (Å²) in [6.45, 7) is 105. The second-order valence-corrected chi connectivity index (χ2v) is 59.5. The zero-order valence-corrected chi connectivity index (χ0v) is 103. The van der Waals surface area contributed by atoms with Crippen molar-refractivity contribution in [3.8, 4) is 103 Å². The van der Waals surface area contributed by atoms with E-state index in [1.807, 2.05) is 77.9 Å². The Bertz CT molecular complexity index is 5670. The zero-order valence-electron chi connectivity index (χ0n) is 99.5. The largest absolute Gasteiger partial charge is 0.530 e. The van der Waals surface area contributed by atoms with Crippen molar-refractivity contribution in [2.45, 2.75) is 419 Å². The number of methoxy groups -OCH3 is 4. The molecule has 0 aliphatic carbocycles. The van der Waals surface area contributed by atoms with E-state index in [1.54, 1.807) is 40.6 Å². The maximum Gasteiger partial charge on any atom is 0.530 e. The van der Waals surface area contributed by atoms with Crippen LogP contribution in [-0.2, 0) is 86.6 Å². The average Bonchev–Trinajstić information content (AvgIpc) is 0.743. The van der Waals surface area contributed by atoms with Crippen molar-refractivity contribution in [3.63, 3.8) is 0 Å². The lowest BCUT2D eigenvalue weighted by Gasteiger charge is -2.32. The molecule has 0 aromatic heterocycles. The first-order valence-corrected chi connectivity index (χ1v) is 56.0. The minimum atomic E-state index is -2.32. The molecular weight excluding hydrogens is 1890 g/mol. The standard InChI is InChI=1S/C78H112O8P2.C28H42ClO2P.C22H30O4/c1-69(2,3)49-33-37-63(57(41-49)73(13,14)15)81-87(82-64-38-34-50(70(4,5)6)42-58(64)74(16,17)18)85-67-55(45-53(79-31)47-61(67)77(25,26)27)56-46-54(80-32)48-62(78(28,29)30)68(56)86-88(83-65-39-35-51(71(7,8)9)43-59(65)75(19,20)21)84-66-40-36-52(72(10,11)12)44-60(66)76(22,23)24;1-25(2,3)19-13-15-23(21(17-19)27(7,8)9)30-32(29)31-24-16-14-20(26(4,5)6)18-22(24)28(10,11)12;1-21(2,3)17-11-13(25-7)9-15(19(17)23)16-10-14(26-8)12-18(20(16)24)22(4,5)6/h33-48H,1-32H3;13-18H,1-12H3;9-12,23-24H,1-8H3. The topological polar surface area (TPSA) is 151 Å². The summed E-state index contributed by atoms with van der Waals surface area (Å²) in [5.74, 6) is 8.16. The molecule has 10 aromatic carbocycles. The van der Waals surface area contributed by atoms with Crippen LogP contribution in [0, 0.1) is 0 Å². The first-order valence-electron chi connectivity index (χ1n) is 51.7. The lowest BCUT2D eigenvalue weighted by Crippen LogP contribution is -2.20. The molecule has 0 atom stereocenters. The van der Waals surface area contributed by atoms with Gasteiger partial charge in [-0.25, -0.2) is 0 Å². The van der Waals surface area contributed by atoms with Crippen molar-refractivity contribution in [3.05, 3.63) is 247 Å². The number of benzene rings is 10. The predicted molar refractivity (Wildman–Crippen MR) is 623 cm³/mol. The molecule has 2 N–H and O–H groups in total. The van der Waals surface area contributed by atoms with Gasteiger partial charge >= 0.3 is 24.9 Å². The molecule has 0 radical (unpaired) electrons. The summed E-state index contributed by atoms with van der Waals surface area (Å²) in [6, 6.07) is 54.3. The molecule has 0 unspecified atom stereocenters. The Morgan fingerprint density at radius 3 is 0.493 bits per heavy atom. The van der Waals surface area contributed by atoms with Crippen molar-refractivity contribution in [2.75, 3.05) is 28.4 Å². The molecule has 10 aromatic rings. The predicted octanol–water partition coefficient (Wildman–Crippen LogP) is 39.1. The van der Waals surface area contributed by atoms with E-state index < -0.39 is 35.8 Å². The highest BCUT2D eigenvalue weighted by Gasteiger charge is 2.41. The Hall–Kier alpha value is -9.02. The lowest BCUT2D eigenvalue weighted by atomic mass is 9.80. The maximum absolute atomic E-state index is 11.0. The summed E-state index contributed by atoms with van der Waals surface area (Å²) >= 11 is 6.67. The van der Waals surface area contributed by atoms with Crippen LogP contribution in [-0.4, -0.2) is 38.7 Å². The third-order valence-electron chi connectivity index (χ3n) is 26.3. The summed E-state index contributed by atoms with van der Waals surface area (Å²) in [4.78, 5) is 0. The maximum atomic E-state index is 11.0. The van der Waals surface area contributed by atoms with Gasteiger partial charge in [-0.2, -0.15) is 0 Å². The number of halogens is 1. The zero-order chi connectivity index (χ0) is 111. The van der Waals surface area contributed by atoms with Crippen LogP contribution < -0.4 is 55.1 Å². The van der Waals surface area contributed by atoms with Crippen LogP contribution in [0.4, 0.5) is 0 Å². The lowest BCUT2D eigenvalue weighted by molar-refractivity contribution is 0.367. The van der Waals surface area contributed by atoms with Gasteiger partial charge in [0.15, 0.2) is 0 Å². The van der Waals surface area contributed by atoms with E-state index in [-0.39, 0.29) is 87.3 Å². The van der Waals surface area contributed by atoms with E-state index in [4.69, 9.17) is 66.4 Å². The fourth-order valence-electron chi connectivity index (χ4n) is 16.9. The number of rotatable bonds is 22. The molecule has 802 valence electrons. The highest BCUT2D eigenvalue weighted by atomic mass is 35.7. The number of phenols is 2. The van der Waals surface area contributed by atoms with E-state index in [0.29, 0.717) is 79.7 Å². The first kappa shape index (κ1) is 122. The second kappa shape index (κ2) is 44.5. The molecule has 0 aliphatic rings. The van der Waals surface area contributed by atoms with Crippen LogP contribution in [0.15, 0.2) is 158 Å². The summed E-state index contributed by atoms with van der Waals surface area (Å²) in [7, 11) is 0.287. The highest BCUT2D eigenvalue weighted by molar-refractivity contribution is 7.76. The van der Waals surface area contributed by atoms with Gasteiger partial charge in [-0.3, -0.25) is 0 Å². The Balaban J connectivity index is 0.000000360. The molecule has 0 fully saturated rings. The summed E-state index contributed by atoms with van der Waals surface area (Å²) in [6.07, 6.45) is 0. The van der Waals surface area contributed by atoms with Gasteiger partial charge in [0.1, 0.15) is 80.5 Å². The van der Waals surface area contributed by atoms with Gasteiger partial charge < -0.3 is 65.4 Å². The highest BCUT2D eigenvalue weighted by Crippen LogP contribution is 2.61. The molecule has 10 rings (SSSR count). The van der Waals surface area contributed by atoms with Gasteiger partial charge in [0.25, 0.3) is 0 Å². The molecule has 0 heterocycles. The van der Waals surface area contributed by atoms with E-state index in [2.05, 4.69) is 400 Å². The van der Waals surface area contributed by atoms with Crippen molar-refractivity contribution in [2.24, 2.45) is 0 Å². The Morgan fingerprint density at radius 2 is 0.336 bits per heavy atom. The fraction of sp³-hybridized carbons (Fsp3) is 0.531. The van der Waals surface area contributed by atoms with Crippen LogP contribution in [0.2, 0.25) is 0 Å². The third kappa shape index (κ3) is 31.6. The summed E-state index contributed by atoms with van der Waals surface area (Å²) < 4.78 is 81.0. The Labute approximate surface area is 892 Å². The minimum Gasteiger partial charge on any atom is -0.507 e. The Kier molecular flexibility index (Phi) is 37.2. The smallest absolute Gasteiger partial charge is 0.507 e. The average molecular weight is 2080 g/mol. The molecule has 0 bridgehead atoms. The third-order valence-corrected chi connectivity index (χ3v) is 29.5. The number of ether oxygens (including phenoxy) is 4. The summed E-state index contributed by atoms with van der Waals surface area (Å²) in [5.41, 5.74) is 16.2.